The molecule has 0 aliphatic heterocycles. The predicted octanol–water partition coefficient (Wildman–Crippen LogP) is 0.798. The number of halogens is 3. The lowest BCUT2D eigenvalue weighted by atomic mass is 10.0. The molecular formula is C10H11F3O4. The van der Waals surface area contributed by atoms with Crippen LogP contribution in [0.15, 0.2) is 18.2 Å². The predicted molar refractivity (Wildman–Crippen MR) is 51.2 cm³/mol. The summed E-state index contributed by atoms with van der Waals surface area (Å²) < 4.78 is 36.8. The van der Waals surface area contributed by atoms with Gasteiger partial charge in [-0.1, -0.05) is 6.07 Å². The van der Waals surface area contributed by atoms with Gasteiger partial charge in [-0.15, -0.1) is 0 Å². The number of alkyl halides is 3. The maximum Gasteiger partial charge on any atom is 0.416 e. The van der Waals surface area contributed by atoms with Crippen molar-refractivity contribution in [2.45, 2.75) is 18.4 Å². The summed E-state index contributed by atoms with van der Waals surface area (Å²) in [5, 5.41) is 36.4. The van der Waals surface area contributed by atoms with E-state index in [2.05, 4.69) is 0 Å². The summed E-state index contributed by atoms with van der Waals surface area (Å²) in [4.78, 5) is 0. The molecule has 0 heterocycles. The van der Waals surface area contributed by atoms with Gasteiger partial charge in [-0.25, -0.2) is 0 Å². The van der Waals surface area contributed by atoms with Gasteiger partial charge in [0, 0.05) is 5.56 Å². The van der Waals surface area contributed by atoms with Crippen molar-refractivity contribution in [2.75, 3.05) is 6.61 Å². The second-order valence-corrected chi connectivity index (χ2v) is 3.47. The van der Waals surface area contributed by atoms with Crippen LogP contribution in [-0.2, 0) is 6.18 Å². The largest absolute Gasteiger partial charge is 0.508 e. The van der Waals surface area contributed by atoms with Crippen LogP contribution < -0.4 is 0 Å². The number of rotatable bonds is 3. The van der Waals surface area contributed by atoms with Crippen LogP contribution in [0.25, 0.3) is 0 Å². The van der Waals surface area contributed by atoms with Crippen molar-refractivity contribution in [1.82, 2.24) is 0 Å². The van der Waals surface area contributed by atoms with E-state index in [1.807, 2.05) is 0 Å². The Morgan fingerprint density at radius 3 is 2.18 bits per heavy atom. The van der Waals surface area contributed by atoms with Crippen molar-refractivity contribution >= 4 is 0 Å². The maximum atomic E-state index is 12.3. The lowest BCUT2D eigenvalue weighted by molar-refractivity contribution is -0.137. The van der Waals surface area contributed by atoms with E-state index < -0.39 is 36.3 Å². The van der Waals surface area contributed by atoms with Crippen LogP contribution in [0.3, 0.4) is 0 Å². The van der Waals surface area contributed by atoms with E-state index in [0.29, 0.717) is 12.1 Å². The molecule has 0 saturated carbocycles. The van der Waals surface area contributed by atoms with Crippen molar-refractivity contribution in [3.05, 3.63) is 29.3 Å². The van der Waals surface area contributed by atoms with E-state index in [1.165, 1.54) is 0 Å². The van der Waals surface area contributed by atoms with E-state index in [0.717, 1.165) is 6.07 Å². The van der Waals surface area contributed by atoms with Gasteiger partial charge in [0.25, 0.3) is 0 Å². The number of aliphatic hydroxyl groups is 3. The Morgan fingerprint density at radius 1 is 1.18 bits per heavy atom. The summed E-state index contributed by atoms with van der Waals surface area (Å²) in [5.41, 5.74) is -1.34. The first-order valence-electron chi connectivity index (χ1n) is 4.64. The third-order valence-electron chi connectivity index (χ3n) is 2.23. The molecular weight excluding hydrogens is 241 g/mol. The number of hydrogen-bond donors (Lipinski definition) is 4. The fourth-order valence-electron chi connectivity index (χ4n) is 1.28. The number of aromatic hydroxyl groups is 1. The van der Waals surface area contributed by atoms with Crippen molar-refractivity contribution in [1.29, 1.82) is 0 Å². The molecule has 0 spiro atoms. The summed E-state index contributed by atoms with van der Waals surface area (Å²) in [7, 11) is 0. The highest BCUT2D eigenvalue weighted by atomic mass is 19.4. The van der Waals surface area contributed by atoms with Crippen LogP contribution in [0.4, 0.5) is 13.2 Å². The highest BCUT2D eigenvalue weighted by Gasteiger charge is 2.32. The molecule has 17 heavy (non-hydrogen) atoms. The van der Waals surface area contributed by atoms with Gasteiger partial charge in [0.2, 0.25) is 0 Å². The number of hydrogen-bond acceptors (Lipinski definition) is 4. The van der Waals surface area contributed by atoms with Crippen molar-refractivity contribution in [3.63, 3.8) is 0 Å². The number of phenols is 1. The SMILES string of the molecule is OCC(O)C(O)c1ccc(C(F)(F)F)cc1O. The van der Waals surface area contributed by atoms with E-state index in [9.17, 15) is 23.4 Å². The molecule has 0 radical (unpaired) electrons. The molecule has 96 valence electrons. The smallest absolute Gasteiger partial charge is 0.416 e. The van der Waals surface area contributed by atoms with Gasteiger partial charge >= 0.3 is 6.18 Å². The Kier molecular flexibility index (Phi) is 3.97. The first-order chi connectivity index (χ1) is 7.77. The molecule has 4 N–H and O–H groups in total. The van der Waals surface area contributed by atoms with E-state index in [-0.39, 0.29) is 5.56 Å². The second-order valence-electron chi connectivity index (χ2n) is 3.47. The summed E-state index contributed by atoms with van der Waals surface area (Å²) in [6.07, 6.45) is -7.82. The van der Waals surface area contributed by atoms with Gasteiger partial charge in [0.05, 0.1) is 12.2 Å². The molecule has 1 aromatic carbocycles. The van der Waals surface area contributed by atoms with Crippen molar-refractivity contribution in [2.24, 2.45) is 0 Å². The van der Waals surface area contributed by atoms with Crippen molar-refractivity contribution in [3.8, 4) is 5.75 Å². The summed E-state index contributed by atoms with van der Waals surface area (Å²) >= 11 is 0. The molecule has 2 unspecified atom stereocenters. The fraction of sp³-hybridized carbons (Fsp3) is 0.400. The molecule has 0 fully saturated rings. The van der Waals surface area contributed by atoms with Crippen LogP contribution >= 0.6 is 0 Å². The maximum absolute atomic E-state index is 12.3. The van der Waals surface area contributed by atoms with E-state index in [1.54, 1.807) is 0 Å². The molecule has 0 aliphatic rings. The van der Waals surface area contributed by atoms with Gasteiger partial charge < -0.3 is 20.4 Å². The summed E-state index contributed by atoms with van der Waals surface area (Å²) in [6.45, 7) is -0.776. The zero-order valence-corrected chi connectivity index (χ0v) is 8.52. The van der Waals surface area contributed by atoms with E-state index in [4.69, 9.17) is 10.2 Å². The van der Waals surface area contributed by atoms with Crippen molar-refractivity contribution < 1.29 is 33.6 Å². The third kappa shape index (κ3) is 3.09. The minimum atomic E-state index is -4.60. The Bertz CT molecular complexity index is 392. The zero-order chi connectivity index (χ0) is 13.2. The molecule has 7 heteroatoms. The Labute approximate surface area is 94.6 Å². The summed E-state index contributed by atoms with van der Waals surface area (Å²) in [5.74, 6) is -0.792. The molecule has 0 bridgehead atoms. The number of aliphatic hydroxyl groups excluding tert-OH is 3. The normalized spacial score (nSPS) is 15.6. The average molecular weight is 252 g/mol. The number of benzene rings is 1. The molecule has 0 saturated heterocycles. The second kappa shape index (κ2) is 4.91. The lowest BCUT2D eigenvalue weighted by Gasteiger charge is -2.18. The van der Waals surface area contributed by atoms with Crippen LogP contribution in [0.1, 0.15) is 17.2 Å². The molecule has 0 aromatic heterocycles. The van der Waals surface area contributed by atoms with Gasteiger partial charge in [-0.3, -0.25) is 0 Å². The van der Waals surface area contributed by atoms with Crippen LogP contribution in [0, 0.1) is 0 Å². The number of phenolic OH excluding ortho intramolecular Hbond substituents is 1. The molecule has 0 aliphatic carbocycles. The minimum Gasteiger partial charge on any atom is -0.508 e. The quantitative estimate of drug-likeness (QED) is 0.641. The van der Waals surface area contributed by atoms with Crippen LogP contribution in [0.2, 0.25) is 0 Å². The Morgan fingerprint density at radius 2 is 1.76 bits per heavy atom. The average Bonchev–Trinajstić information content (AvgIpc) is 2.25. The topological polar surface area (TPSA) is 80.9 Å². The molecule has 0 amide bonds. The van der Waals surface area contributed by atoms with E-state index >= 15 is 0 Å². The fourth-order valence-corrected chi connectivity index (χ4v) is 1.28. The first-order valence-corrected chi connectivity index (χ1v) is 4.64. The highest BCUT2D eigenvalue weighted by Crippen LogP contribution is 2.35. The first kappa shape index (κ1) is 13.8. The molecule has 4 nitrogen and oxygen atoms in total. The standard InChI is InChI=1S/C10H11F3O4/c11-10(12,13)5-1-2-6(7(15)3-5)9(17)8(16)4-14/h1-3,8-9,14-17H,4H2. The minimum absolute atomic E-state index is 0.278. The Balaban J connectivity index is 3.06. The molecule has 2 atom stereocenters. The summed E-state index contributed by atoms with van der Waals surface area (Å²) in [6, 6.07) is 1.96. The van der Waals surface area contributed by atoms with Gasteiger partial charge in [0.15, 0.2) is 0 Å². The van der Waals surface area contributed by atoms with Gasteiger partial charge in [-0.2, -0.15) is 13.2 Å². The monoisotopic (exact) mass is 252 g/mol. The van der Waals surface area contributed by atoms with Crippen LogP contribution in [-0.4, -0.2) is 33.1 Å². The van der Waals surface area contributed by atoms with Gasteiger partial charge in [-0.05, 0) is 12.1 Å². The molecule has 1 aromatic rings. The Hall–Kier alpha value is -1.31. The van der Waals surface area contributed by atoms with Gasteiger partial charge in [0.1, 0.15) is 18.0 Å². The lowest BCUT2D eigenvalue weighted by Crippen LogP contribution is -2.22. The highest BCUT2D eigenvalue weighted by molar-refractivity contribution is 5.39. The molecule has 1 rings (SSSR count). The van der Waals surface area contributed by atoms with Crippen LogP contribution in [0.5, 0.6) is 5.75 Å². The zero-order valence-electron chi connectivity index (χ0n) is 8.52. The third-order valence-corrected chi connectivity index (χ3v) is 2.23.